The number of hydrogen-bond donors (Lipinski definition) is 2. The van der Waals surface area contributed by atoms with Crippen molar-refractivity contribution in [2.45, 2.75) is 47.0 Å². The van der Waals surface area contributed by atoms with Gasteiger partial charge in [0.25, 0.3) is 0 Å². The zero-order valence-corrected chi connectivity index (χ0v) is 29.9. The van der Waals surface area contributed by atoms with E-state index in [9.17, 15) is 24.6 Å². The van der Waals surface area contributed by atoms with E-state index in [1.807, 2.05) is 32.9 Å². The number of Topliss-reactive ketones (excluding diaryl/α,β-unsaturated/α-hetero) is 1. The van der Waals surface area contributed by atoms with Gasteiger partial charge >= 0.3 is 57.4 Å². The van der Waals surface area contributed by atoms with E-state index in [4.69, 9.17) is 19.7 Å². The predicted molar refractivity (Wildman–Crippen MR) is 168 cm³/mol. The number of hydrogen-bond acceptors (Lipinski definition) is 10. The Bertz CT molecular complexity index is 1870. The molecular formula is C35H33KN4O6. The van der Waals surface area contributed by atoms with E-state index in [1.165, 1.54) is 7.11 Å². The number of carboxylic acid groups (broad SMARTS) is 1. The van der Waals surface area contributed by atoms with Crippen molar-refractivity contribution in [1.82, 2.24) is 5.32 Å². The van der Waals surface area contributed by atoms with Gasteiger partial charge in [0.1, 0.15) is 5.92 Å². The van der Waals surface area contributed by atoms with Crippen molar-refractivity contribution in [3.8, 4) is 0 Å². The molecule has 3 atom stereocenters. The molecule has 0 aromatic rings. The molecule has 0 spiro atoms. The molecule has 1 saturated carbocycles. The van der Waals surface area contributed by atoms with Crippen LogP contribution >= 0.6 is 0 Å². The summed E-state index contributed by atoms with van der Waals surface area (Å²) < 4.78 is 5.10. The largest absolute Gasteiger partial charge is 1.00 e. The Morgan fingerprint density at radius 3 is 2.48 bits per heavy atom. The molecule has 230 valence electrons. The summed E-state index contributed by atoms with van der Waals surface area (Å²) in [4.78, 5) is 53.5. The van der Waals surface area contributed by atoms with Gasteiger partial charge in [0, 0.05) is 51.5 Å². The Morgan fingerprint density at radius 2 is 1.85 bits per heavy atom. The Morgan fingerprint density at radius 1 is 1.11 bits per heavy atom. The van der Waals surface area contributed by atoms with Crippen LogP contribution in [0.1, 0.15) is 47.0 Å². The van der Waals surface area contributed by atoms with Gasteiger partial charge in [0.05, 0.1) is 47.6 Å². The minimum Gasteiger partial charge on any atom is -0.550 e. The Kier molecular flexibility index (Phi) is 9.54. The monoisotopic (exact) mass is 644 g/mol. The SMILES string of the molecule is C=CC1=C(C)C2=NC1=CC1=NC(=C(CC)C1=CO)C=C1N=C3C(=C1C)C(=O)[C@H](C(=O)OC)C3=C1NC(=C2)[C@@H](C)[C@@H]1CCC(=O)[O-].[K+]. The van der Waals surface area contributed by atoms with Gasteiger partial charge in [-0.1, -0.05) is 26.5 Å². The number of esters is 1. The molecule has 0 amide bonds. The molecule has 5 heterocycles. The van der Waals surface area contributed by atoms with Crippen molar-refractivity contribution >= 4 is 34.9 Å². The summed E-state index contributed by atoms with van der Waals surface area (Å²) in [7, 11) is 1.23. The minimum absolute atomic E-state index is 0. The summed E-state index contributed by atoms with van der Waals surface area (Å²) >= 11 is 0. The number of aliphatic imine (C=N–C) groups is 3. The fourth-order valence-corrected chi connectivity index (χ4v) is 6.99. The van der Waals surface area contributed by atoms with Crippen molar-refractivity contribution in [1.29, 1.82) is 0 Å². The van der Waals surface area contributed by atoms with E-state index in [2.05, 4.69) is 11.9 Å². The van der Waals surface area contributed by atoms with E-state index in [1.54, 1.807) is 19.1 Å². The molecule has 6 aliphatic rings. The molecule has 6 rings (SSSR count). The fraction of sp³-hybridized carbons (Fsp3) is 0.314. The number of carbonyl (C=O) groups excluding carboxylic acids is 3. The van der Waals surface area contributed by atoms with E-state index in [0.29, 0.717) is 68.6 Å². The Balaban J connectivity index is 0.00000417. The van der Waals surface area contributed by atoms with Gasteiger partial charge in [-0.05, 0) is 68.1 Å². The molecule has 2 fully saturated rings. The average molecular weight is 645 g/mol. The van der Waals surface area contributed by atoms with Gasteiger partial charge in [0.15, 0.2) is 5.78 Å². The third-order valence-electron chi connectivity index (χ3n) is 9.39. The number of carbonyl (C=O) groups is 3. The molecule has 5 aliphatic heterocycles. The molecule has 10 nitrogen and oxygen atoms in total. The predicted octanol–water partition coefficient (Wildman–Crippen LogP) is 0.956. The second-order valence-corrected chi connectivity index (χ2v) is 11.7. The molecule has 1 aliphatic carbocycles. The van der Waals surface area contributed by atoms with Crippen LogP contribution in [0.25, 0.3) is 0 Å². The number of fused-ring (bicyclic) bond motifs is 5. The van der Waals surface area contributed by atoms with Crippen molar-refractivity contribution in [3.05, 3.63) is 105 Å². The number of allylic oxidation sites excluding steroid dienone is 11. The molecule has 11 heteroatoms. The number of rotatable bonds is 6. The first-order valence-corrected chi connectivity index (χ1v) is 14.9. The first-order valence-electron chi connectivity index (χ1n) is 14.9. The van der Waals surface area contributed by atoms with Crippen LogP contribution < -0.4 is 61.8 Å². The second-order valence-electron chi connectivity index (χ2n) is 11.7. The molecule has 0 unspecified atom stereocenters. The van der Waals surface area contributed by atoms with Gasteiger partial charge in [0.2, 0.25) is 0 Å². The molecule has 8 bridgehead atoms. The number of nitrogens with one attached hydrogen (secondary N) is 1. The van der Waals surface area contributed by atoms with Gasteiger partial charge in [-0.2, -0.15) is 0 Å². The van der Waals surface area contributed by atoms with Crippen LogP contribution in [0.15, 0.2) is 120 Å². The van der Waals surface area contributed by atoms with Crippen molar-refractivity contribution in [2.24, 2.45) is 32.7 Å². The maximum atomic E-state index is 14.0. The second kappa shape index (κ2) is 13.0. The first kappa shape index (κ1) is 33.9. The van der Waals surface area contributed by atoms with Gasteiger partial charge < -0.3 is 25.1 Å². The summed E-state index contributed by atoms with van der Waals surface area (Å²) in [5, 5.41) is 25.4. The normalized spacial score (nSPS) is 25.6. The number of aliphatic carboxylic acids is 1. The van der Waals surface area contributed by atoms with E-state index >= 15 is 0 Å². The van der Waals surface area contributed by atoms with E-state index < -0.39 is 23.6 Å². The molecule has 0 aromatic carbocycles. The smallest absolute Gasteiger partial charge is 0.550 e. The number of carboxylic acids is 1. The van der Waals surface area contributed by atoms with Crippen molar-refractivity contribution < 1.29 is 80.7 Å². The number of nitrogens with zero attached hydrogens (tertiary/aromatic N) is 3. The standard InChI is InChI=1S/C35H34N4O6.K/c1-7-18-15(3)22-11-23-16(4)20(9-10-28(41)42)32(38-23)30-31(35(44)45-6)34(43)29-17(5)24(39-33(29)30)12-26-19(8-2)21(14-40)27(37-26)13-25(18)36-22;/h7,11-14,16,20,31,38,40H,1,8-10H2,2-6H3,(H,41,42);/q;+1/p-1/t16-,20-,31+;/m0./s1. The number of methoxy groups -OCH3 is 1. The van der Waals surface area contributed by atoms with E-state index in [0.717, 1.165) is 28.7 Å². The quantitative estimate of drug-likeness (QED) is 0.189. The fourth-order valence-electron chi connectivity index (χ4n) is 6.99. The molecule has 0 radical (unpaired) electrons. The van der Waals surface area contributed by atoms with Crippen LogP contribution in [0.5, 0.6) is 0 Å². The molecule has 46 heavy (non-hydrogen) atoms. The van der Waals surface area contributed by atoms with Crippen LogP contribution in [-0.4, -0.2) is 47.1 Å². The molecular weight excluding hydrogens is 612 g/mol. The molecule has 2 N–H and O–H groups in total. The minimum atomic E-state index is -1.25. The number of aliphatic hydroxyl groups is 1. The zero-order valence-electron chi connectivity index (χ0n) is 26.8. The van der Waals surface area contributed by atoms with Gasteiger partial charge in [-0.15, -0.1) is 0 Å². The summed E-state index contributed by atoms with van der Waals surface area (Å²) in [6.45, 7) is 11.7. The zero-order chi connectivity index (χ0) is 32.3. The Labute approximate surface area is 309 Å². The maximum Gasteiger partial charge on any atom is 1.00 e. The van der Waals surface area contributed by atoms with Crippen LogP contribution in [0.2, 0.25) is 0 Å². The summed E-state index contributed by atoms with van der Waals surface area (Å²) in [6.07, 6.45) is 8.87. The number of aliphatic hydroxyl groups excluding tert-OH is 1. The van der Waals surface area contributed by atoms with Crippen molar-refractivity contribution in [3.63, 3.8) is 0 Å². The van der Waals surface area contributed by atoms with Gasteiger partial charge in [-0.25, -0.2) is 15.0 Å². The summed E-state index contributed by atoms with van der Waals surface area (Å²) in [5.74, 6) is -4.19. The Hall–Kier alpha value is -3.48. The van der Waals surface area contributed by atoms with Crippen molar-refractivity contribution in [2.75, 3.05) is 7.11 Å². The summed E-state index contributed by atoms with van der Waals surface area (Å²) in [5.41, 5.74) is 8.98. The van der Waals surface area contributed by atoms with Gasteiger partial charge in [-0.3, -0.25) is 9.59 Å². The molecule has 1 saturated heterocycles. The average Bonchev–Trinajstić information content (AvgIpc) is 3.76. The maximum absolute atomic E-state index is 14.0. The summed E-state index contributed by atoms with van der Waals surface area (Å²) in [6, 6.07) is 0. The van der Waals surface area contributed by atoms with Crippen LogP contribution in [0.4, 0.5) is 0 Å². The van der Waals surface area contributed by atoms with Crippen LogP contribution in [0.3, 0.4) is 0 Å². The topological polar surface area (TPSA) is 153 Å². The number of ketones is 1. The number of ether oxygens (including phenoxy) is 1. The van der Waals surface area contributed by atoms with Crippen LogP contribution in [0, 0.1) is 17.8 Å². The third-order valence-corrected chi connectivity index (χ3v) is 9.39. The first-order chi connectivity index (χ1) is 21.5. The third kappa shape index (κ3) is 5.28. The van der Waals surface area contributed by atoms with Crippen LogP contribution in [-0.2, 0) is 19.1 Å². The van der Waals surface area contributed by atoms with E-state index in [-0.39, 0.29) is 76.1 Å². The molecule has 0 aromatic heterocycles.